The highest BCUT2D eigenvalue weighted by atomic mass is 35.5. The predicted octanol–water partition coefficient (Wildman–Crippen LogP) is 4.55. The summed E-state index contributed by atoms with van der Waals surface area (Å²) in [6.45, 7) is 0. The Morgan fingerprint density at radius 3 is 2.33 bits per heavy atom. The summed E-state index contributed by atoms with van der Waals surface area (Å²) in [5, 5.41) is 16.4. The summed E-state index contributed by atoms with van der Waals surface area (Å²) in [5.41, 5.74) is 0.511. The highest BCUT2D eigenvalue weighted by Crippen LogP contribution is 2.26. The predicted molar refractivity (Wildman–Crippen MR) is 82.2 cm³/mol. The van der Waals surface area contributed by atoms with Crippen LogP contribution < -0.4 is 10.6 Å². The van der Waals surface area contributed by atoms with Crippen LogP contribution in [0.1, 0.15) is 0 Å². The second kappa shape index (κ2) is 6.43. The van der Waals surface area contributed by atoms with Crippen LogP contribution in [0.15, 0.2) is 42.5 Å². The third-order valence-electron chi connectivity index (χ3n) is 2.51. The molecule has 6 nitrogen and oxygen atoms in total. The number of amides is 2. The van der Waals surface area contributed by atoms with E-state index in [2.05, 4.69) is 10.6 Å². The Hall–Kier alpha value is -2.31. The van der Waals surface area contributed by atoms with E-state index in [9.17, 15) is 14.9 Å². The fraction of sp³-hybridized carbons (Fsp3) is 0. The molecule has 0 saturated heterocycles. The molecule has 2 aromatic rings. The van der Waals surface area contributed by atoms with E-state index in [0.29, 0.717) is 10.7 Å². The van der Waals surface area contributed by atoms with Crippen molar-refractivity contribution >= 4 is 46.3 Å². The molecule has 108 valence electrons. The Morgan fingerprint density at radius 2 is 1.71 bits per heavy atom. The van der Waals surface area contributed by atoms with Crippen molar-refractivity contribution in [2.24, 2.45) is 0 Å². The van der Waals surface area contributed by atoms with Gasteiger partial charge in [0, 0.05) is 22.8 Å². The number of benzene rings is 2. The number of halogens is 2. The van der Waals surface area contributed by atoms with Gasteiger partial charge in [0.05, 0.1) is 15.6 Å². The maximum Gasteiger partial charge on any atom is 0.323 e. The minimum absolute atomic E-state index is 0.150. The molecule has 0 saturated carbocycles. The summed E-state index contributed by atoms with van der Waals surface area (Å²) in [7, 11) is 0. The molecule has 0 unspecified atom stereocenters. The van der Waals surface area contributed by atoms with Crippen LogP contribution in [0, 0.1) is 10.1 Å². The van der Waals surface area contributed by atoms with Crippen molar-refractivity contribution in [3.63, 3.8) is 0 Å². The number of carbonyl (C=O) groups is 1. The zero-order chi connectivity index (χ0) is 15.4. The number of hydrogen-bond donors (Lipinski definition) is 2. The quantitative estimate of drug-likeness (QED) is 0.641. The number of nitro groups is 1. The normalized spacial score (nSPS) is 10.0. The van der Waals surface area contributed by atoms with E-state index in [1.165, 1.54) is 18.2 Å². The lowest BCUT2D eigenvalue weighted by Gasteiger charge is -2.09. The first-order valence-electron chi connectivity index (χ1n) is 5.73. The molecule has 0 bridgehead atoms. The van der Waals surface area contributed by atoms with Gasteiger partial charge in [-0.15, -0.1) is 0 Å². The zero-order valence-electron chi connectivity index (χ0n) is 10.5. The highest BCUT2D eigenvalue weighted by molar-refractivity contribution is 6.34. The standard InChI is InChI=1S/C13H9Cl2N3O3/c14-8-1-3-9(4-2-8)16-13(19)17-12-7-10(18(20)21)5-6-11(12)15/h1-7H,(H2,16,17,19). The molecular weight excluding hydrogens is 317 g/mol. The molecule has 0 radical (unpaired) electrons. The lowest BCUT2D eigenvalue weighted by Crippen LogP contribution is -2.19. The monoisotopic (exact) mass is 325 g/mol. The molecule has 0 heterocycles. The van der Waals surface area contributed by atoms with E-state index in [4.69, 9.17) is 23.2 Å². The molecule has 2 N–H and O–H groups in total. The molecule has 0 aromatic heterocycles. The summed E-state index contributed by atoms with van der Waals surface area (Å²) in [5.74, 6) is 0. The first-order chi connectivity index (χ1) is 9.95. The minimum atomic E-state index is -0.571. The molecular formula is C13H9Cl2N3O3. The van der Waals surface area contributed by atoms with Crippen LogP contribution in [0.3, 0.4) is 0 Å². The number of non-ortho nitro benzene ring substituents is 1. The lowest BCUT2D eigenvalue weighted by atomic mass is 10.3. The number of nitrogens with zero attached hydrogens (tertiary/aromatic N) is 1. The minimum Gasteiger partial charge on any atom is -0.308 e. The third-order valence-corrected chi connectivity index (χ3v) is 3.09. The summed E-state index contributed by atoms with van der Waals surface area (Å²) >= 11 is 11.6. The van der Waals surface area contributed by atoms with Gasteiger partial charge in [0.2, 0.25) is 0 Å². The summed E-state index contributed by atoms with van der Waals surface area (Å²) in [6.07, 6.45) is 0. The van der Waals surface area contributed by atoms with Gasteiger partial charge in [0.1, 0.15) is 0 Å². The van der Waals surface area contributed by atoms with Crippen molar-refractivity contribution in [1.29, 1.82) is 0 Å². The van der Waals surface area contributed by atoms with Gasteiger partial charge in [-0.1, -0.05) is 23.2 Å². The van der Waals surface area contributed by atoms with Crippen molar-refractivity contribution < 1.29 is 9.72 Å². The number of urea groups is 1. The number of carbonyl (C=O) groups excluding carboxylic acids is 1. The van der Waals surface area contributed by atoms with Gasteiger partial charge < -0.3 is 10.6 Å². The van der Waals surface area contributed by atoms with Gasteiger partial charge in [0.15, 0.2) is 0 Å². The number of nitro benzene ring substituents is 1. The summed E-state index contributed by atoms with van der Waals surface area (Å²) < 4.78 is 0. The molecule has 2 aromatic carbocycles. The van der Waals surface area contributed by atoms with Gasteiger partial charge >= 0.3 is 6.03 Å². The number of nitrogens with one attached hydrogen (secondary N) is 2. The number of rotatable bonds is 3. The van der Waals surface area contributed by atoms with Crippen molar-refractivity contribution in [2.75, 3.05) is 10.6 Å². The van der Waals surface area contributed by atoms with Crippen LogP contribution in [-0.2, 0) is 0 Å². The fourth-order valence-electron chi connectivity index (χ4n) is 1.54. The largest absolute Gasteiger partial charge is 0.323 e. The second-order valence-corrected chi connectivity index (χ2v) is 4.85. The number of anilines is 2. The highest BCUT2D eigenvalue weighted by Gasteiger charge is 2.12. The third kappa shape index (κ3) is 4.08. The van der Waals surface area contributed by atoms with E-state index in [-0.39, 0.29) is 16.4 Å². The molecule has 0 spiro atoms. The Bertz CT molecular complexity index is 690. The van der Waals surface area contributed by atoms with Crippen LogP contribution in [0.4, 0.5) is 21.9 Å². The SMILES string of the molecule is O=C(Nc1ccc(Cl)cc1)Nc1cc([N+](=O)[O-])ccc1Cl. The van der Waals surface area contributed by atoms with Crippen LogP contribution >= 0.6 is 23.2 Å². The molecule has 0 fully saturated rings. The average Bonchev–Trinajstić information content (AvgIpc) is 2.43. The topological polar surface area (TPSA) is 84.3 Å². The summed E-state index contributed by atoms with van der Waals surface area (Å²) in [6, 6.07) is 9.70. The Morgan fingerprint density at radius 1 is 1.05 bits per heavy atom. The van der Waals surface area contributed by atoms with E-state index in [1.54, 1.807) is 24.3 Å². The molecule has 21 heavy (non-hydrogen) atoms. The van der Waals surface area contributed by atoms with E-state index in [1.807, 2.05) is 0 Å². The molecule has 0 aliphatic heterocycles. The average molecular weight is 326 g/mol. The Balaban J connectivity index is 2.10. The Labute approximate surface area is 129 Å². The van der Waals surface area contributed by atoms with Crippen molar-refractivity contribution in [1.82, 2.24) is 0 Å². The van der Waals surface area contributed by atoms with Crippen LogP contribution in [0.2, 0.25) is 10.0 Å². The molecule has 8 heteroatoms. The molecule has 0 aliphatic rings. The smallest absolute Gasteiger partial charge is 0.308 e. The van der Waals surface area contributed by atoms with Gasteiger partial charge in [-0.2, -0.15) is 0 Å². The van der Waals surface area contributed by atoms with Gasteiger partial charge in [-0.3, -0.25) is 10.1 Å². The van der Waals surface area contributed by atoms with E-state index in [0.717, 1.165) is 0 Å². The van der Waals surface area contributed by atoms with Crippen molar-refractivity contribution in [3.05, 3.63) is 62.6 Å². The summed E-state index contributed by atoms with van der Waals surface area (Å²) in [4.78, 5) is 21.9. The zero-order valence-corrected chi connectivity index (χ0v) is 12.0. The maximum absolute atomic E-state index is 11.8. The first kappa shape index (κ1) is 15.1. The van der Waals surface area contributed by atoms with Crippen LogP contribution in [0.25, 0.3) is 0 Å². The first-order valence-corrected chi connectivity index (χ1v) is 6.49. The van der Waals surface area contributed by atoms with Crippen LogP contribution in [0.5, 0.6) is 0 Å². The molecule has 0 atom stereocenters. The second-order valence-electron chi connectivity index (χ2n) is 4.01. The lowest BCUT2D eigenvalue weighted by molar-refractivity contribution is -0.384. The fourth-order valence-corrected chi connectivity index (χ4v) is 1.83. The Kier molecular flexibility index (Phi) is 4.62. The molecule has 2 amide bonds. The van der Waals surface area contributed by atoms with E-state index >= 15 is 0 Å². The van der Waals surface area contributed by atoms with Gasteiger partial charge in [-0.05, 0) is 30.3 Å². The maximum atomic E-state index is 11.8. The molecule has 2 rings (SSSR count). The molecule has 0 aliphatic carbocycles. The van der Waals surface area contributed by atoms with E-state index < -0.39 is 11.0 Å². The van der Waals surface area contributed by atoms with Gasteiger partial charge in [-0.25, -0.2) is 4.79 Å². The number of hydrogen-bond acceptors (Lipinski definition) is 3. The van der Waals surface area contributed by atoms with Gasteiger partial charge in [0.25, 0.3) is 5.69 Å². The van der Waals surface area contributed by atoms with Crippen LogP contribution in [-0.4, -0.2) is 11.0 Å². The van der Waals surface area contributed by atoms with Crippen molar-refractivity contribution in [2.45, 2.75) is 0 Å². The van der Waals surface area contributed by atoms with Crippen molar-refractivity contribution in [3.8, 4) is 0 Å².